The molecule has 0 fully saturated rings. The number of hydrogen-bond acceptors (Lipinski definition) is 4. The number of nitrogens with zero attached hydrogens (tertiary/aromatic N) is 4. The van der Waals surface area contributed by atoms with Crippen LogP contribution >= 0.6 is 11.6 Å². The second-order valence-corrected chi connectivity index (χ2v) is 5.14. The summed E-state index contributed by atoms with van der Waals surface area (Å²) >= 11 is 5.82. The zero-order valence-corrected chi connectivity index (χ0v) is 12.7. The number of carbonyl (C=O) groups is 1. The number of aromatic nitrogens is 4. The van der Waals surface area contributed by atoms with E-state index in [0.29, 0.717) is 23.1 Å². The van der Waals surface area contributed by atoms with Crippen molar-refractivity contribution >= 4 is 23.3 Å². The second kappa shape index (κ2) is 6.89. The molecule has 7 nitrogen and oxygen atoms in total. The van der Waals surface area contributed by atoms with Gasteiger partial charge in [0.05, 0.1) is 11.9 Å². The van der Waals surface area contributed by atoms with Crippen molar-refractivity contribution < 1.29 is 4.79 Å². The van der Waals surface area contributed by atoms with Gasteiger partial charge in [-0.3, -0.25) is 4.57 Å². The monoisotopic (exact) mass is 328 g/mol. The maximum atomic E-state index is 11.9. The number of benzene rings is 1. The predicted octanol–water partition coefficient (Wildman–Crippen LogP) is 2.64. The molecule has 2 heterocycles. The Balaban J connectivity index is 1.54. The van der Waals surface area contributed by atoms with Crippen molar-refractivity contribution in [1.29, 1.82) is 0 Å². The van der Waals surface area contributed by atoms with E-state index in [4.69, 9.17) is 11.6 Å². The first-order chi connectivity index (χ1) is 11.2. The Bertz CT molecular complexity index is 771. The fraction of sp³-hybridized carbons (Fsp3) is 0.0667. The van der Waals surface area contributed by atoms with Crippen molar-refractivity contribution in [1.82, 2.24) is 25.1 Å². The molecule has 0 aliphatic heterocycles. The van der Waals surface area contributed by atoms with Crippen molar-refractivity contribution in [2.24, 2.45) is 0 Å². The Morgan fingerprint density at radius 1 is 1.09 bits per heavy atom. The SMILES string of the molecule is O=C(NCc1ccc(Cl)cc1)Nc1ccc(-n2cnnc2)nc1. The molecule has 2 amide bonds. The fourth-order valence-corrected chi connectivity index (χ4v) is 2.02. The van der Waals surface area contributed by atoms with Gasteiger partial charge in [0.1, 0.15) is 18.5 Å². The Morgan fingerprint density at radius 3 is 2.48 bits per heavy atom. The van der Waals surface area contributed by atoms with E-state index in [0.717, 1.165) is 5.56 Å². The summed E-state index contributed by atoms with van der Waals surface area (Å²) < 4.78 is 1.67. The molecule has 0 bridgehead atoms. The minimum atomic E-state index is -0.307. The predicted molar refractivity (Wildman–Crippen MR) is 86.5 cm³/mol. The maximum absolute atomic E-state index is 11.9. The molecule has 1 aromatic carbocycles. The molecule has 0 spiro atoms. The highest BCUT2D eigenvalue weighted by atomic mass is 35.5. The molecule has 2 aromatic heterocycles. The third-order valence-electron chi connectivity index (χ3n) is 3.06. The lowest BCUT2D eigenvalue weighted by atomic mass is 10.2. The van der Waals surface area contributed by atoms with Gasteiger partial charge in [0, 0.05) is 11.6 Å². The molecule has 0 unspecified atom stereocenters. The number of amides is 2. The first-order valence-electron chi connectivity index (χ1n) is 6.81. The molecule has 23 heavy (non-hydrogen) atoms. The molecule has 8 heteroatoms. The summed E-state index contributed by atoms with van der Waals surface area (Å²) in [7, 11) is 0. The molecule has 0 saturated heterocycles. The molecule has 0 atom stereocenters. The van der Waals surface area contributed by atoms with Gasteiger partial charge in [0.15, 0.2) is 0 Å². The van der Waals surface area contributed by atoms with Gasteiger partial charge in [-0.15, -0.1) is 10.2 Å². The lowest BCUT2D eigenvalue weighted by Gasteiger charge is -2.08. The minimum absolute atomic E-state index is 0.307. The number of carbonyl (C=O) groups excluding carboxylic acids is 1. The van der Waals surface area contributed by atoms with Crippen molar-refractivity contribution in [2.75, 3.05) is 5.32 Å². The highest BCUT2D eigenvalue weighted by Gasteiger charge is 2.03. The van der Waals surface area contributed by atoms with Crippen LogP contribution < -0.4 is 10.6 Å². The smallest absolute Gasteiger partial charge is 0.319 e. The molecule has 116 valence electrons. The first kappa shape index (κ1) is 15.0. The zero-order chi connectivity index (χ0) is 16.1. The number of urea groups is 1. The van der Waals surface area contributed by atoms with Crippen molar-refractivity contribution in [2.45, 2.75) is 6.54 Å². The summed E-state index contributed by atoms with van der Waals surface area (Å²) in [5.74, 6) is 0.669. The maximum Gasteiger partial charge on any atom is 0.319 e. The summed E-state index contributed by atoms with van der Waals surface area (Å²) in [6.07, 6.45) is 4.67. The minimum Gasteiger partial charge on any atom is -0.334 e. The number of rotatable bonds is 4. The molecular weight excluding hydrogens is 316 g/mol. The highest BCUT2D eigenvalue weighted by molar-refractivity contribution is 6.30. The van der Waals surface area contributed by atoms with Gasteiger partial charge in [-0.05, 0) is 29.8 Å². The van der Waals surface area contributed by atoms with Crippen LogP contribution in [0.1, 0.15) is 5.56 Å². The first-order valence-corrected chi connectivity index (χ1v) is 7.19. The van der Waals surface area contributed by atoms with E-state index < -0.39 is 0 Å². The van der Waals surface area contributed by atoms with E-state index in [1.54, 1.807) is 47.7 Å². The molecule has 3 aromatic rings. The molecule has 0 aliphatic carbocycles. The normalized spacial score (nSPS) is 10.3. The van der Waals surface area contributed by atoms with Gasteiger partial charge >= 0.3 is 6.03 Å². The molecule has 3 rings (SSSR count). The Morgan fingerprint density at radius 2 is 1.83 bits per heavy atom. The summed E-state index contributed by atoms with van der Waals surface area (Å²) in [5.41, 5.74) is 1.56. The van der Waals surface area contributed by atoms with Crippen LogP contribution in [-0.2, 0) is 6.54 Å². The van der Waals surface area contributed by atoms with Gasteiger partial charge in [-0.25, -0.2) is 9.78 Å². The van der Waals surface area contributed by atoms with Crippen molar-refractivity contribution in [3.63, 3.8) is 0 Å². The van der Waals surface area contributed by atoms with E-state index in [1.165, 1.54) is 0 Å². The Kier molecular flexibility index (Phi) is 4.49. The standard InChI is InChI=1S/C15H13ClN6O/c16-12-3-1-11(2-4-12)7-18-15(23)21-13-5-6-14(17-8-13)22-9-19-20-10-22/h1-6,8-10H,7H2,(H2,18,21,23). The largest absolute Gasteiger partial charge is 0.334 e. The van der Waals surface area contributed by atoms with E-state index in [2.05, 4.69) is 25.8 Å². The summed E-state index contributed by atoms with van der Waals surface area (Å²) in [6, 6.07) is 10.5. The number of pyridine rings is 1. The van der Waals surface area contributed by atoms with Crippen LogP contribution in [0.4, 0.5) is 10.5 Å². The van der Waals surface area contributed by atoms with Crippen LogP contribution in [0.3, 0.4) is 0 Å². The third kappa shape index (κ3) is 4.04. The van der Waals surface area contributed by atoms with Gasteiger partial charge < -0.3 is 10.6 Å². The van der Waals surface area contributed by atoms with E-state index in [1.807, 2.05) is 12.1 Å². The summed E-state index contributed by atoms with van der Waals surface area (Å²) in [5, 5.41) is 13.6. The number of anilines is 1. The van der Waals surface area contributed by atoms with Crippen molar-refractivity contribution in [3.05, 3.63) is 65.8 Å². The van der Waals surface area contributed by atoms with Gasteiger partial charge in [-0.1, -0.05) is 23.7 Å². The molecule has 2 N–H and O–H groups in total. The quantitative estimate of drug-likeness (QED) is 0.771. The molecular formula is C15H13ClN6O. The summed E-state index contributed by atoms with van der Waals surface area (Å²) in [4.78, 5) is 16.1. The van der Waals surface area contributed by atoms with Gasteiger partial charge in [-0.2, -0.15) is 0 Å². The molecule has 0 saturated carbocycles. The molecule has 0 aliphatic rings. The highest BCUT2D eigenvalue weighted by Crippen LogP contribution is 2.10. The summed E-state index contributed by atoms with van der Waals surface area (Å²) in [6.45, 7) is 0.412. The van der Waals surface area contributed by atoms with Crippen LogP contribution in [0.15, 0.2) is 55.2 Å². The zero-order valence-electron chi connectivity index (χ0n) is 12.0. The van der Waals surface area contributed by atoms with E-state index >= 15 is 0 Å². The lowest BCUT2D eigenvalue weighted by Crippen LogP contribution is -2.28. The van der Waals surface area contributed by atoms with E-state index in [-0.39, 0.29) is 6.03 Å². The van der Waals surface area contributed by atoms with Crippen LogP contribution in [-0.4, -0.2) is 25.8 Å². The molecule has 0 radical (unpaired) electrons. The lowest BCUT2D eigenvalue weighted by molar-refractivity contribution is 0.251. The Labute approximate surface area is 137 Å². The van der Waals surface area contributed by atoms with Crippen LogP contribution in [0.25, 0.3) is 5.82 Å². The Hall–Kier alpha value is -2.93. The number of hydrogen-bond donors (Lipinski definition) is 2. The number of halogens is 1. The number of nitrogens with one attached hydrogen (secondary N) is 2. The fourth-order valence-electron chi connectivity index (χ4n) is 1.89. The topological polar surface area (TPSA) is 84.7 Å². The van der Waals surface area contributed by atoms with E-state index in [9.17, 15) is 4.79 Å². The van der Waals surface area contributed by atoms with Crippen LogP contribution in [0, 0.1) is 0 Å². The van der Waals surface area contributed by atoms with Gasteiger partial charge in [0.2, 0.25) is 0 Å². The average Bonchev–Trinajstić information content (AvgIpc) is 3.09. The average molecular weight is 329 g/mol. The second-order valence-electron chi connectivity index (χ2n) is 4.71. The van der Waals surface area contributed by atoms with Crippen LogP contribution in [0.5, 0.6) is 0 Å². The third-order valence-corrected chi connectivity index (χ3v) is 3.31. The van der Waals surface area contributed by atoms with Gasteiger partial charge in [0.25, 0.3) is 0 Å². The van der Waals surface area contributed by atoms with Crippen LogP contribution in [0.2, 0.25) is 5.02 Å². The van der Waals surface area contributed by atoms with Crippen molar-refractivity contribution in [3.8, 4) is 5.82 Å².